The second-order valence-electron chi connectivity index (χ2n) is 28.9. The largest absolute Gasteiger partial charge is 0.289 e. The van der Waals surface area contributed by atoms with Crippen molar-refractivity contribution in [3.8, 4) is 52.5 Å². The minimum absolute atomic E-state index is 0.0662. The van der Waals surface area contributed by atoms with Crippen molar-refractivity contribution in [2.45, 2.75) is 247 Å². The minimum Gasteiger partial charge on any atom is -0.289 e. The molecule has 2 aliphatic rings. The Morgan fingerprint density at radius 2 is 0.779 bits per heavy atom. The third-order valence-corrected chi connectivity index (χ3v) is 28.6. The van der Waals surface area contributed by atoms with E-state index in [4.69, 9.17) is 13.1 Å². The van der Waals surface area contributed by atoms with Crippen molar-refractivity contribution in [2.75, 3.05) is 0 Å². The number of unbranched alkanes of at least 4 members (excludes halogenated alkanes) is 20. The Hall–Kier alpha value is -7.36. The highest BCUT2D eigenvalue weighted by molar-refractivity contribution is 7.29. The molecule has 11 rings (SSSR count). The molecule has 12 heteroatoms. The lowest BCUT2D eigenvalue weighted by Crippen LogP contribution is -2.01. The molecule has 0 saturated heterocycles. The molecule has 0 aliphatic heterocycles. The first-order valence-corrected chi connectivity index (χ1v) is 44.1. The van der Waals surface area contributed by atoms with E-state index < -0.39 is 0 Å². The van der Waals surface area contributed by atoms with Crippen molar-refractivity contribution in [3.63, 3.8) is 0 Å². The molecule has 2 unspecified atom stereocenters. The van der Waals surface area contributed by atoms with Gasteiger partial charge in [0.2, 0.25) is 0 Å². The Morgan fingerprint density at radius 1 is 0.423 bits per heavy atom. The van der Waals surface area contributed by atoms with E-state index in [0.29, 0.717) is 56.4 Å². The third-order valence-electron chi connectivity index (χ3n) is 21.4. The summed E-state index contributed by atoms with van der Waals surface area (Å²) in [5.74, 6) is 0.920. The molecule has 3 aromatic carbocycles. The molecule has 0 bridgehead atoms. The van der Waals surface area contributed by atoms with E-state index in [2.05, 4.69) is 112 Å². The Kier molecular flexibility index (Phi) is 29.0. The number of thiophene rings is 6. The van der Waals surface area contributed by atoms with Gasteiger partial charge in [-0.15, -0.1) is 68.0 Å². The predicted molar refractivity (Wildman–Crippen MR) is 451 cm³/mol. The summed E-state index contributed by atoms with van der Waals surface area (Å²) >= 11 is 11.2. The molecule has 2 aliphatic carbocycles. The number of ketones is 2. The highest BCUT2D eigenvalue weighted by Gasteiger charge is 2.35. The molecule has 538 valence electrons. The quantitative estimate of drug-likeness (QED) is 0.0166. The molecule has 0 saturated carbocycles. The molecule has 2 atom stereocenters. The molecule has 6 aromatic heterocycles. The van der Waals surface area contributed by atoms with Crippen LogP contribution in [0.4, 0.5) is 0 Å². The molecular formula is C92H102N4O2S6. The molecule has 0 amide bonds. The van der Waals surface area contributed by atoms with Crippen molar-refractivity contribution in [2.24, 2.45) is 11.8 Å². The summed E-state index contributed by atoms with van der Waals surface area (Å²) < 4.78 is 2.55. The lowest BCUT2D eigenvalue weighted by molar-refractivity contribution is 0.103. The second kappa shape index (κ2) is 38.8. The van der Waals surface area contributed by atoms with Gasteiger partial charge in [0.1, 0.15) is 0 Å². The lowest BCUT2D eigenvalue weighted by Gasteiger charge is -2.13. The number of benzene rings is 3. The van der Waals surface area contributed by atoms with E-state index in [-0.39, 0.29) is 23.0 Å². The number of rotatable bonds is 40. The van der Waals surface area contributed by atoms with E-state index >= 15 is 0 Å². The topological polar surface area (TPSA) is 90.4 Å². The van der Waals surface area contributed by atoms with Crippen LogP contribution in [0.25, 0.3) is 93.6 Å². The van der Waals surface area contributed by atoms with Crippen LogP contribution in [0.3, 0.4) is 0 Å². The fourth-order valence-corrected chi connectivity index (χ4v) is 23.1. The van der Waals surface area contributed by atoms with E-state index in [1.165, 1.54) is 223 Å². The molecule has 6 heterocycles. The van der Waals surface area contributed by atoms with Gasteiger partial charge in [0, 0.05) is 113 Å². The van der Waals surface area contributed by atoms with Gasteiger partial charge in [-0.2, -0.15) is 0 Å². The Balaban J connectivity index is 1.11. The van der Waals surface area contributed by atoms with Crippen LogP contribution in [-0.2, 0) is 25.7 Å². The predicted octanol–water partition coefficient (Wildman–Crippen LogP) is 30.3. The number of Topliss-reactive ketones (excluding diaryl/α,β-unsaturated/α-hetero) is 2. The van der Waals surface area contributed by atoms with Gasteiger partial charge in [0.25, 0.3) is 11.4 Å². The Labute approximate surface area is 644 Å². The average molecular weight is 1490 g/mol. The van der Waals surface area contributed by atoms with Crippen molar-refractivity contribution in [1.82, 2.24) is 0 Å². The third kappa shape index (κ3) is 18.4. The van der Waals surface area contributed by atoms with E-state index in [0.717, 1.165) is 74.0 Å². The van der Waals surface area contributed by atoms with Crippen molar-refractivity contribution < 1.29 is 9.59 Å². The van der Waals surface area contributed by atoms with Gasteiger partial charge in [-0.25, -0.2) is 20.2 Å². The summed E-state index contributed by atoms with van der Waals surface area (Å²) in [5.41, 5.74) is 8.98. The van der Waals surface area contributed by atoms with Crippen LogP contribution in [0, 0.1) is 47.6 Å². The lowest BCUT2D eigenvalue weighted by atomic mass is 9.95. The first-order valence-electron chi connectivity index (χ1n) is 39.2. The summed E-state index contributed by atoms with van der Waals surface area (Å²) in [6, 6.07) is 38.5. The van der Waals surface area contributed by atoms with E-state index in [1.54, 1.807) is 22.7 Å². The number of hydrogen-bond donors (Lipinski definition) is 0. The van der Waals surface area contributed by atoms with Crippen LogP contribution in [-0.4, -0.2) is 11.6 Å². The van der Waals surface area contributed by atoms with Gasteiger partial charge in [0.05, 0.1) is 25.3 Å². The van der Waals surface area contributed by atoms with Crippen LogP contribution in [0.5, 0.6) is 0 Å². The van der Waals surface area contributed by atoms with Gasteiger partial charge in [-0.05, 0) is 133 Å². The number of nitriles is 2. The zero-order valence-corrected chi connectivity index (χ0v) is 67.1. The van der Waals surface area contributed by atoms with Crippen LogP contribution >= 0.6 is 68.0 Å². The maximum Gasteiger partial charge on any atom is 0.270 e. The molecular weight excluding hydrogens is 1390 g/mol. The van der Waals surface area contributed by atoms with Gasteiger partial charge in [-0.3, -0.25) is 9.59 Å². The summed E-state index contributed by atoms with van der Waals surface area (Å²) in [7, 11) is 0. The van der Waals surface area contributed by atoms with Crippen molar-refractivity contribution >= 4 is 123 Å². The zero-order chi connectivity index (χ0) is 72.9. The number of fused-ring (bicyclic) bond motifs is 4. The summed E-state index contributed by atoms with van der Waals surface area (Å²) in [4.78, 5) is 48.7. The molecule has 0 radical (unpaired) electrons. The van der Waals surface area contributed by atoms with Gasteiger partial charge in [-0.1, -0.05) is 257 Å². The maximum absolute atomic E-state index is 14.6. The Morgan fingerprint density at radius 3 is 1.12 bits per heavy atom. The zero-order valence-electron chi connectivity index (χ0n) is 62.2. The van der Waals surface area contributed by atoms with E-state index in [9.17, 15) is 20.1 Å². The molecule has 9 aromatic rings. The molecule has 0 spiro atoms. The van der Waals surface area contributed by atoms with Gasteiger partial charge < -0.3 is 0 Å². The normalized spacial score (nSPS) is 15.1. The monoisotopic (exact) mass is 1490 g/mol. The van der Waals surface area contributed by atoms with E-state index in [1.807, 2.05) is 106 Å². The maximum atomic E-state index is 14.6. The van der Waals surface area contributed by atoms with Crippen LogP contribution in [0.15, 0.2) is 120 Å². The fraction of sp³-hybridized carbons (Fsp3) is 0.435. The molecule has 0 N–H and O–H groups in total. The van der Waals surface area contributed by atoms with Gasteiger partial charge >= 0.3 is 0 Å². The smallest absolute Gasteiger partial charge is 0.270 e. The van der Waals surface area contributed by atoms with Crippen LogP contribution in [0.2, 0.25) is 0 Å². The highest BCUT2D eigenvalue weighted by Crippen LogP contribution is 2.57. The number of allylic oxidation sites excluding steroid dienone is 6. The summed E-state index contributed by atoms with van der Waals surface area (Å²) in [6.45, 7) is 30.1. The first-order chi connectivity index (χ1) is 51.0. The second-order valence-corrected chi connectivity index (χ2v) is 35.5. The van der Waals surface area contributed by atoms with Crippen molar-refractivity contribution in [1.29, 1.82) is 10.5 Å². The Bertz CT molecular complexity index is 4410. The van der Waals surface area contributed by atoms with Crippen LogP contribution < -0.4 is 0 Å². The SMILES string of the molecule is [C-]#[N+]/C(C#N)=C1\C(=Cc2cc(CCCCCCCCCCCC)c(-c3cc4c(-c5ccc(CC(CC)CCCC)s5)c5sc(-c6sc(C=C7C(=O)c8ccccc8/C7=C(/C#N)[N+]#[C-])cc6CCCCCCCCCCCC)cc5c(-c5ccc(CC(CC)CCCC)s5)c4s3)s2)C(=O)c2ccccc21. The van der Waals surface area contributed by atoms with Crippen molar-refractivity contribution in [3.05, 3.63) is 195 Å². The summed E-state index contributed by atoms with van der Waals surface area (Å²) in [5, 5.41) is 23.3. The molecule has 104 heavy (non-hydrogen) atoms. The average Bonchev–Trinajstić information content (AvgIpc) is 1.55. The van der Waals surface area contributed by atoms with Crippen LogP contribution in [0.1, 0.15) is 284 Å². The highest BCUT2D eigenvalue weighted by atomic mass is 32.1. The first kappa shape index (κ1) is 77.7. The fourth-order valence-electron chi connectivity index (χ4n) is 15.6. The molecule has 0 fully saturated rings. The number of carbonyl (C=O) groups is 2. The standard InChI is InChI=1S/C92H102N4O2S6/c1-9-15-19-21-23-25-27-29-31-33-41-63-53-67(55-73-83(77(59-93)95-7)69-43-35-37-45-71(69)87(73)97)101-89(63)81-57-75-85(79-49-47-65(99-79)51-61(13-5)39-17-11-3)92-76(86(91(75)103-81)80-50-48-66(100-80)52-62(14-6)40-18-12-4)58-82(104-92)90-64(42-34-32-30-28-26-24-22-20-16-10-2)54-68(102-90)56-74-84(78(60-94)96-8)70-44-36-38-46-72(70)88(74)98/h35-38,43-50,53-58,61-62H,9-34,39-42,51-52H2,1-6H3/b73-55?,74-56?,83-77-,84-78+. The number of hydrogen-bond acceptors (Lipinski definition) is 10. The summed E-state index contributed by atoms with van der Waals surface area (Å²) in [6.07, 6.45) is 42.4. The number of nitrogens with zero attached hydrogens (tertiary/aromatic N) is 4. The number of aryl methyl sites for hydroxylation is 2. The van der Waals surface area contributed by atoms with Gasteiger partial charge in [0.15, 0.2) is 11.6 Å². The molecule has 6 nitrogen and oxygen atoms in total. The minimum atomic E-state index is -0.153. The number of carbonyl (C=O) groups excluding carboxylic acids is 2.